The normalized spacial score (nSPS) is 18.9. The van der Waals surface area contributed by atoms with Crippen LogP contribution in [0.4, 0.5) is 5.00 Å². The lowest BCUT2D eigenvalue weighted by Crippen LogP contribution is -2.30. The molecule has 7 heteroatoms. The summed E-state index contributed by atoms with van der Waals surface area (Å²) in [7, 11) is 0. The van der Waals surface area contributed by atoms with Gasteiger partial charge in [0.15, 0.2) is 0 Å². The molecule has 0 saturated heterocycles. The fourth-order valence-electron chi connectivity index (χ4n) is 2.85. The van der Waals surface area contributed by atoms with Gasteiger partial charge in [0, 0.05) is 31.9 Å². The van der Waals surface area contributed by atoms with Crippen LogP contribution in [0, 0.1) is 11.8 Å². The molecular weight excluding hydrogens is 437 g/mol. The van der Waals surface area contributed by atoms with Gasteiger partial charge in [-0.25, -0.2) is 0 Å². The van der Waals surface area contributed by atoms with E-state index in [2.05, 4.69) is 38.5 Å². The molecule has 1 aromatic heterocycles. The molecule has 5 nitrogen and oxygen atoms in total. The second-order valence-corrected chi connectivity index (χ2v) is 7.66. The van der Waals surface area contributed by atoms with E-state index in [1.165, 1.54) is 17.7 Å². The lowest BCUT2D eigenvalue weighted by Gasteiger charge is -2.14. The number of carbonyl (C=O) groups excluding carboxylic acids is 2. The molecule has 1 aromatic rings. The van der Waals surface area contributed by atoms with Crippen molar-refractivity contribution in [2.45, 2.75) is 38.6 Å². The Morgan fingerprint density at radius 2 is 2.04 bits per heavy atom. The number of anilines is 1. The predicted octanol–water partition coefficient (Wildman–Crippen LogP) is 3.18. The van der Waals surface area contributed by atoms with Gasteiger partial charge in [-0.2, -0.15) is 0 Å². The van der Waals surface area contributed by atoms with Crippen LogP contribution in [0.3, 0.4) is 0 Å². The summed E-state index contributed by atoms with van der Waals surface area (Å²) in [4.78, 5) is 27.9. The van der Waals surface area contributed by atoms with Gasteiger partial charge >= 0.3 is 0 Å². The molecule has 4 rings (SSSR count). The fraction of sp³-hybridized carbons (Fsp3) is 0.647. The molecule has 0 bridgehead atoms. The fourth-order valence-corrected chi connectivity index (χ4v) is 4.07. The van der Waals surface area contributed by atoms with Crippen molar-refractivity contribution in [2.75, 3.05) is 23.3 Å². The zero-order chi connectivity index (χ0) is 17.1. The first kappa shape index (κ1) is 18.1. The molecule has 2 aliphatic carbocycles. The van der Waals surface area contributed by atoms with Gasteiger partial charge in [-0.15, -0.1) is 11.3 Å². The quantitative estimate of drug-likeness (QED) is 0.464. The minimum absolute atomic E-state index is 0. The molecule has 2 heterocycles. The van der Waals surface area contributed by atoms with Crippen molar-refractivity contribution in [1.29, 1.82) is 0 Å². The molecule has 24 heavy (non-hydrogen) atoms. The first-order chi connectivity index (χ1) is 11.7. The molecule has 0 unspecified atom stereocenters. The molecule has 2 saturated carbocycles. The van der Waals surface area contributed by atoms with Crippen LogP contribution in [0.25, 0.3) is 0 Å². The molecule has 3 N–H and O–H groups in total. The number of alkyl halides is 1. The van der Waals surface area contributed by atoms with E-state index in [0.717, 1.165) is 49.5 Å². The maximum atomic E-state index is 12.6. The Bertz CT molecular complexity index is 630. The molecule has 1 aliphatic heterocycles. The third-order valence-electron chi connectivity index (χ3n) is 4.58. The van der Waals surface area contributed by atoms with Crippen LogP contribution in [-0.4, -0.2) is 29.8 Å². The third-order valence-corrected chi connectivity index (χ3v) is 5.79. The molecule has 134 valence electrons. The number of rotatable bonds is 5. The number of hydrogen-bond acceptors (Lipinski definition) is 4. The highest BCUT2D eigenvalue weighted by atomic mass is 127. The van der Waals surface area contributed by atoms with Crippen LogP contribution in [0.5, 0.6) is 0 Å². The average Bonchev–Trinajstić information content (AvgIpc) is 3.50. The van der Waals surface area contributed by atoms with E-state index in [4.69, 9.17) is 0 Å². The Morgan fingerprint density at radius 3 is 2.71 bits per heavy atom. The zero-order valence-electron chi connectivity index (χ0n) is 13.9. The lowest BCUT2D eigenvalue weighted by molar-refractivity contribution is -0.117. The minimum atomic E-state index is -0.0285. The molecule has 3 aliphatic rings. The summed E-state index contributed by atoms with van der Waals surface area (Å²) in [5.74, 6) is 0.850. The van der Waals surface area contributed by atoms with Gasteiger partial charge in [-0.3, -0.25) is 9.59 Å². The number of fused-ring (bicyclic) bond motifs is 1. The second kappa shape index (κ2) is 8.14. The number of carbonyl (C=O) groups is 2. The number of hydrogen-bond donors (Lipinski definition) is 3. The summed E-state index contributed by atoms with van der Waals surface area (Å²) >= 11 is 3.73. The Kier molecular flexibility index (Phi) is 6.15. The Morgan fingerprint density at radius 1 is 1.29 bits per heavy atom. The topological polar surface area (TPSA) is 70.2 Å². The van der Waals surface area contributed by atoms with Crippen LogP contribution in [-0.2, 0) is 17.8 Å². The maximum absolute atomic E-state index is 12.6. The second-order valence-electron chi connectivity index (χ2n) is 6.55. The number of thiophene rings is 1. The SMILES string of the molecule is CI.O=C(NCC1CC1)c1c(NC(=O)C2CC2)sc2c1CNCC2.[HH]. The largest absolute Gasteiger partial charge is 0.352 e. The Labute approximate surface area is 162 Å². The van der Waals surface area contributed by atoms with Gasteiger partial charge in [0.1, 0.15) is 5.00 Å². The number of amides is 2. The predicted molar refractivity (Wildman–Crippen MR) is 108 cm³/mol. The van der Waals surface area contributed by atoms with Crippen molar-refractivity contribution in [3.8, 4) is 0 Å². The van der Waals surface area contributed by atoms with Crippen LogP contribution in [0.2, 0.25) is 0 Å². The van der Waals surface area contributed by atoms with Crippen LogP contribution in [0.1, 0.15) is 47.9 Å². The summed E-state index contributed by atoms with van der Waals surface area (Å²) < 4.78 is 0. The summed E-state index contributed by atoms with van der Waals surface area (Å²) in [5, 5.41) is 10.1. The molecule has 0 spiro atoms. The van der Waals surface area contributed by atoms with Crippen molar-refractivity contribution in [3.05, 3.63) is 16.0 Å². The average molecular weight is 463 g/mol. The third kappa shape index (κ3) is 4.29. The van der Waals surface area contributed by atoms with E-state index in [-0.39, 0.29) is 19.2 Å². The van der Waals surface area contributed by atoms with Gasteiger partial charge in [0.25, 0.3) is 5.91 Å². The monoisotopic (exact) mass is 463 g/mol. The highest BCUT2D eigenvalue weighted by molar-refractivity contribution is 14.1. The van der Waals surface area contributed by atoms with Gasteiger partial charge in [0.2, 0.25) is 5.91 Å². The summed E-state index contributed by atoms with van der Waals surface area (Å²) in [5.41, 5.74) is 1.78. The number of nitrogens with one attached hydrogen (secondary N) is 3. The molecule has 0 atom stereocenters. The van der Waals surface area contributed by atoms with E-state index in [0.29, 0.717) is 11.5 Å². The first-order valence-electron chi connectivity index (χ1n) is 8.54. The van der Waals surface area contributed by atoms with Crippen LogP contribution >= 0.6 is 33.9 Å². The Hall–Kier alpha value is -0.670. The van der Waals surface area contributed by atoms with E-state index >= 15 is 0 Å². The van der Waals surface area contributed by atoms with E-state index in [9.17, 15) is 9.59 Å². The van der Waals surface area contributed by atoms with Crippen molar-refractivity contribution in [2.24, 2.45) is 11.8 Å². The standard InChI is InChI=1S/C16H21N3O2S.CH3I.H2/c20-14(10-3-4-10)19-16-13(15(21)18-7-9-1-2-9)11-8-17-6-5-12(11)22-16;1-2;/h9-10,17H,1-8H2,(H,18,21)(H,19,20);1H3;1H. The van der Waals surface area contributed by atoms with Gasteiger partial charge < -0.3 is 16.0 Å². The van der Waals surface area contributed by atoms with Crippen molar-refractivity contribution < 1.29 is 11.0 Å². The first-order valence-corrected chi connectivity index (χ1v) is 11.5. The van der Waals surface area contributed by atoms with Crippen LogP contribution in [0.15, 0.2) is 0 Å². The molecule has 0 aromatic carbocycles. The molecule has 2 amide bonds. The van der Waals surface area contributed by atoms with Crippen molar-refractivity contribution >= 4 is 50.7 Å². The van der Waals surface area contributed by atoms with Gasteiger partial charge in [-0.1, -0.05) is 22.6 Å². The van der Waals surface area contributed by atoms with Crippen molar-refractivity contribution in [1.82, 2.24) is 10.6 Å². The summed E-state index contributed by atoms with van der Waals surface area (Å²) in [6, 6.07) is 0. The summed E-state index contributed by atoms with van der Waals surface area (Å²) in [6.45, 7) is 2.41. The highest BCUT2D eigenvalue weighted by Crippen LogP contribution is 2.38. The van der Waals surface area contributed by atoms with E-state index in [1.54, 1.807) is 11.3 Å². The summed E-state index contributed by atoms with van der Waals surface area (Å²) in [6.07, 6.45) is 5.31. The Balaban J connectivity index is 0.000000726. The molecule has 2 fully saturated rings. The number of halogens is 1. The zero-order valence-corrected chi connectivity index (χ0v) is 16.9. The van der Waals surface area contributed by atoms with Gasteiger partial charge in [0.05, 0.1) is 5.56 Å². The smallest absolute Gasteiger partial charge is 0.254 e. The molecule has 0 radical (unpaired) electrons. The molecular formula is C17H26IN3O2S. The van der Waals surface area contributed by atoms with E-state index in [1.807, 2.05) is 4.93 Å². The highest BCUT2D eigenvalue weighted by Gasteiger charge is 2.33. The van der Waals surface area contributed by atoms with Crippen molar-refractivity contribution in [3.63, 3.8) is 0 Å². The van der Waals surface area contributed by atoms with Crippen LogP contribution < -0.4 is 16.0 Å². The maximum Gasteiger partial charge on any atom is 0.254 e. The van der Waals surface area contributed by atoms with Gasteiger partial charge in [-0.05, 0) is 48.5 Å². The van der Waals surface area contributed by atoms with E-state index < -0.39 is 0 Å². The lowest BCUT2D eigenvalue weighted by atomic mass is 10.0. The minimum Gasteiger partial charge on any atom is -0.352 e.